The third kappa shape index (κ3) is 7.33. The second-order valence-electron chi connectivity index (χ2n) is 5.14. The van der Waals surface area contributed by atoms with Crippen molar-refractivity contribution in [1.29, 1.82) is 0 Å². The third-order valence-corrected chi connectivity index (χ3v) is 3.81. The molecule has 0 aliphatic carbocycles. The van der Waals surface area contributed by atoms with Crippen LogP contribution in [0, 0.1) is 11.8 Å². The highest BCUT2D eigenvalue weighted by atomic mass is 16.4. The molecule has 0 amide bonds. The van der Waals surface area contributed by atoms with E-state index in [-0.39, 0.29) is 14.9 Å². The Labute approximate surface area is 152 Å². The van der Waals surface area contributed by atoms with Gasteiger partial charge in [-0.05, 0) is 21.1 Å². The number of nitrogens with one attached hydrogen (secondary N) is 3. The molecule has 26 heavy (non-hydrogen) atoms. The topological polar surface area (TPSA) is 185 Å². The fourth-order valence-corrected chi connectivity index (χ4v) is 2.72. The molecule has 0 radical (unpaired) electrons. The van der Waals surface area contributed by atoms with Crippen LogP contribution in [-0.4, -0.2) is 83.6 Å². The van der Waals surface area contributed by atoms with Gasteiger partial charge in [0.2, 0.25) is 0 Å². The van der Waals surface area contributed by atoms with E-state index in [4.69, 9.17) is 5.11 Å². The first kappa shape index (κ1) is 28.6. The maximum atomic E-state index is 11.7. The molecule has 11 heteroatoms. The van der Waals surface area contributed by atoms with Crippen LogP contribution < -0.4 is 16.0 Å². The molecule has 7 N–H and O–H groups in total. The van der Waals surface area contributed by atoms with Crippen molar-refractivity contribution in [3.63, 3.8) is 0 Å². The monoisotopic (exact) mass is 381 g/mol. The minimum absolute atomic E-state index is 0. The van der Waals surface area contributed by atoms with Crippen molar-refractivity contribution in [2.45, 2.75) is 39.4 Å². The quantitative estimate of drug-likeness (QED) is 0.219. The molecule has 0 aromatic rings. The van der Waals surface area contributed by atoms with Gasteiger partial charge in [-0.2, -0.15) is 0 Å². The second-order valence-corrected chi connectivity index (χ2v) is 5.14. The lowest BCUT2D eigenvalue weighted by Gasteiger charge is -2.35. The Kier molecular flexibility index (Phi) is 14.3. The van der Waals surface area contributed by atoms with E-state index in [1.54, 1.807) is 0 Å². The summed E-state index contributed by atoms with van der Waals surface area (Å²) in [4.78, 5) is 45.5. The summed E-state index contributed by atoms with van der Waals surface area (Å²) in [5, 5.41) is 44.4. The number of aliphatic carboxylic acids is 4. The Morgan fingerprint density at radius 1 is 0.731 bits per heavy atom. The molecule has 0 aliphatic heterocycles. The number of carbonyl (C=O) groups is 4. The van der Waals surface area contributed by atoms with Crippen molar-refractivity contribution < 1.29 is 39.6 Å². The van der Waals surface area contributed by atoms with E-state index in [1.807, 2.05) is 0 Å². The van der Waals surface area contributed by atoms with E-state index in [1.165, 1.54) is 21.1 Å². The fraction of sp³-hybridized carbons (Fsp3) is 0.733. The number of hydrogen-bond donors (Lipinski definition) is 7. The number of hydrogen-bond acceptors (Lipinski definition) is 7. The van der Waals surface area contributed by atoms with Crippen molar-refractivity contribution in [1.82, 2.24) is 16.0 Å². The third-order valence-electron chi connectivity index (χ3n) is 3.81. The van der Waals surface area contributed by atoms with E-state index in [9.17, 15) is 34.5 Å². The molecule has 0 rings (SSSR count). The molecule has 0 aliphatic rings. The van der Waals surface area contributed by atoms with Gasteiger partial charge in [0.1, 0.15) is 6.04 Å². The lowest BCUT2D eigenvalue weighted by molar-refractivity contribution is -0.155. The predicted molar refractivity (Wildman–Crippen MR) is 94.1 cm³/mol. The minimum Gasteiger partial charge on any atom is -0.481 e. The first-order valence-electron chi connectivity index (χ1n) is 7.04. The SMILES string of the molecule is C.C.CNC(CC(=O)O)C(C(=O)O)C(NC)C(C(=O)O)C(NC)C(=O)O. The van der Waals surface area contributed by atoms with Crippen LogP contribution >= 0.6 is 0 Å². The van der Waals surface area contributed by atoms with Crippen molar-refractivity contribution in [2.24, 2.45) is 11.8 Å². The van der Waals surface area contributed by atoms with Gasteiger partial charge in [0.25, 0.3) is 0 Å². The Morgan fingerprint density at radius 3 is 1.42 bits per heavy atom. The fourth-order valence-electron chi connectivity index (χ4n) is 2.72. The first-order valence-corrected chi connectivity index (χ1v) is 7.04. The zero-order valence-corrected chi connectivity index (χ0v) is 13.5. The van der Waals surface area contributed by atoms with Crippen LogP contribution in [0.4, 0.5) is 0 Å². The molecule has 0 saturated heterocycles. The summed E-state index contributed by atoms with van der Waals surface area (Å²) in [5.41, 5.74) is 0. The maximum absolute atomic E-state index is 11.7. The van der Waals surface area contributed by atoms with Crippen LogP contribution in [0.2, 0.25) is 0 Å². The van der Waals surface area contributed by atoms with Crippen LogP contribution in [-0.2, 0) is 19.2 Å². The van der Waals surface area contributed by atoms with Gasteiger partial charge in [0, 0.05) is 12.1 Å². The van der Waals surface area contributed by atoms with Gasteiger partial charge >= 0.3 is 23.9 Å². The molecule has 0 aromatic carbocycles. The Balaban J connectivity index is -0.00000264. The number of carboxylic acid groups (broad SMARTS) is 4. The zero-order chi connectivity index (χ0) is 19.0. The summed E-state index contributed by atoms with van der Waals surface area (Å²) >= 11 is 0. The van der Waals surface area contributed by atoms with Crippen LogP contribution in [0.15, 0.2) is 0 Å². The number of likely N-dealkylation sites (N-methyl/N-ethyl adjacent to an activating group) is 1. The predicted octanol–water partition coefficient (Wildman–Crippen LogP) is -1.02. The summed E-state index contributed by atoms with van der Waals surface area (Å²) in [6.45, 7) is 0. The highest BCUT2D eigenvalue weighted by molar-refractivity contribution is 5.84. The molecule has 0 heterocycles. The molecule has 0 spiro atoms. The summed E-state index contributed by atoms with van der Waals surface area (Å²) in [7, 11) is 3.88. The molecule has 0 aromatic heterocycles. The van der Waals surface area contributed by atoms with E-state index < -0.39 is 60.3 Å². The first-order chi connectivity index (χ1) is 11.1. The average Bonchev–Trinajstić information content (AvgIpc) is 2.47. The van der Waals surface area contributed by atoms with Gasteiger partial charge in [-0.1, -0.05) is 14.9 Å². The van der Waals surface area contributed by atoms with E-state index in [2.05, 4.69) is 16.0 Å². The molecule has 5 atom stereocenters. The highest BCUT2D eigenvalue weighted by Crippen LogP contribution is 2.23. The van der Waals surface area contributed by atoms with E-state index in [0.717, 1.165) is 0 Å². The largest absolute Gasteiger partial charge is 0.481 e. The van der Waals surface area contributed by atoms with Crippen LogP contribution in [0.1, 0.15) is 21.3 Å². The lowest BCUT2D eigenvalue weighted by Crippen LogP contribution is -2.60. The Morgan fingerprint density at radius 2 is 1.19 bits per heavy atom. The molecule has 0 saturated carbocycles. The zero-order valence-electron chi connectivity index (χ0n) is 13.5. The average molecular weight is 381 g/mol. The summed E-state index contributed by atoms with van der Waals surface area (Å²) in [5.74, 6) is -8.84. The molecular weight excluding hydrogens is 350 g/mol. The molecule has 154 valence electrons. The maximum Gasteiger partial charge on any atom is 0.321 e. The minimum atomic E-state index is -1.65. The number of rotatable bonds is 12. The lowest BCUT2D eigenvalue weighted by atomic mass is 9.78. The smallest absolute Gasteiger partial charge is 0.321 e. The normalized spacial score (nSPS) is 16.0. The summed E-state index contributed by atoms with van der Waals surface area (Å²) in [6.07, 6.45) is -0.574. The second kappa shape index (κ2) is 13.0. The summed E-state index contributed by atoms with van der Waals surface area (Å²) < 4.78 is 0. The Bertz CT molecular complexity index is 486. The summed E-state index contributed by atoms with van der Waals surface area (Å²) in [6, 6.07) is -4.01. The van der Waals surface area contributed by atoms with E-state index >= 15 is 0 Å². The van der Waals surface area contributed by atoms with Gasteiger partial charge in [0.15, 0.2) is 0 Å². The molecule has 11 nitrogen and oxygen atoms in total. The molecule has 0 fully saturated rings. The van der Waals surface area contributed by atoms with Gasteiger partial charge in [-0.25, -0.2) is 0 Å². The molecule has 5 unspecified atom stereocenters. The van der Waals surface area contributed by atoms with Gasteiger partial charge in [0.05, 0.1) is 18.3 Å². The van der Waals surface area contributed by atoms with Crippen molar-refractivity contribution in [3.8, 4) is 0 Å². The Hall–Kier alpha value is -2.24. The van der Waals surface area contributed by atoms with Gasteiger partial charge in [-0.15, -0.1) is 0 Å². The van der Waals surface area contributed by atoms with Crippen LogP contribution in [0.3, 0.4) is 0 Å². The van der Waals surface area contributed by atoms with Crippen LogP contribution in [0.5, 0.6) is 0 Å². The van der Waals surface area contributed by atoms with Gasteiger partial charge < -0.3 is 36.4 Å². The highest BCUT2D eigenvalue weighted by Gasteiger charge is 2.47. The van der Waals surface area contributed by atoms with E-state index in [0.29, 0.717) is 0 Å². The van der Waals surface area contributed by atoms with Gasteiger partial charge in [-0.3, -0.25) is 19.2 Å². The number of carboxylic acids is 4. The standard InChI is InChI=1S/C13H23N3O8.2CH4/c1-14-5(4-6(17)18)7(11(19)20)9(15-2)8(12(21)22)10(16-3)13(23)24;;/h5,7-10,14-16H,4H2,1-3H3,(H,17,18)(H,19,20)(H,21,22)(H,23,24);2*1H4. The van der Waals surface area contributed by atoms with Crippen molar-refractivity contribution in [2.75, 3.05) is 21.1 Å². The van der Waals surface area contributed by atoms with Crippen LogP contribution in [0.25, 0.3) is 0 Å². The molecule has 0 bridgehead atoms. The van der Waals surface area contributed by atoms with Crippen molar-refractivity contribution >= 4 is 23.9 Å². The molecular formula is C15H31N3O8. The van der Waals surface area contributed by atoms with Crippen molar-refractivity contribution in [3.05, 3.63) is 0 Å².